The summed E-state index contributed by atoms with van der Waals surface area (Å²) >= 11 is 0. The number of nitrogens with zero attached hydrogens (tertiary/aromatic N) is 3. The molecule has 3 N–H and O–H groups in total. The van der Waals surface area contributed by atoms with Crippen molar-refractivity contribution in [1.29, 1.82) is 0 Å². The summed E-state index contributed by atoms with van der Waals surface area (Å²) in [5.41, 5.74) is 6.65. The Kier molecular flexibility index (Phi) is 5.19. The summed E-state index contributed by atoms with van der Waals surface area (Å²) < 4.78 is 28.6. The largest absolute Gasteiger partial charge is 0.364 e. The van der Waals surface area contributed by atoms with Gasteiger partial charge in [-0.05, 0) is 37.0 Å². The van der Waals surface area contributed by atoms with E-state index in [0.29, 0.717) is 41.7 Å². The van der Waals surface area contributed by atoms with Crippen LogP contribution in [0.1, 0.15) is 46.7 Å². The molecular weight excluding hydrogens is 392 g/mol. The molecule has 1 aliphatic carbocycles. The molecule has 0 saturated heterocycles. The minimum absolute atomic E-state index is 0.0212. The van der Waals surface area contributed by atoms with Crippen LogP contribution in [0.4, 0.5) is 14.5 Å². The molecule has 1 saturated carbocycles. The number of carbonyl (C=O) groups is 2. The molecule has 0 unspecified atom stereocenters. The zero-order valence-electron chi connectivity index (χ0n) is 16.1. The molecule has 0 aliphatic heterocycles. The fourth-order valence-corrected chi connectivity index (χ4v) is 3.81. The van der Waals surface area contributed by atoms with Crippen molar-refractivity contribution in [3.63, 3.8) is 0 Å². The number of aromatic nitrogens is 3. The van der Waals surface area contributed by atoms with Crippen molar-refractivity contribution in [2.45, 2.75) is 38.2 Å². The van der Waals surface area contributed by atoms with Crippen LogP contribution in [0.25, 0.3) is 10.9 Å². The number of hydrogen-bond donors (Lipinski definition) is 2. The lowest BCUT2D eigenvalue weighted by Crippen LogP contribution is -2.28. The van der Waals surface area contributed by atoms with E-state index in [-0.39, 0.29) is 24.5 Å². The number of alkyl halides is 2. The van der Waals surface area contributed by atoms with Crippen LogP contribution in [0.3, 0.4) is 0 Å². The van der Waals surface area contributed by atoms with E-state index < -0.39 is 17.7 Å². The second-order valence-corrected chi connectivity index (χ2v) is 7.60. The van der Waals surface area contributed by atoms with Gasteiger partial charge in [0.2, 0.25) is 5.92 Å². The van der Waals surface area contributed by atoms with Gasteiger partial charge in [-0.15, -0.1) is 0 Å². The molecule has 2 amide bonds. The average molecular weight is 413 g/mol. The molecule has 1 fully saturated rings. The maximum Gasteiger partial charge on any atom is 0.274 e. The highest BCUT2D eigenvalue weighted by molar-refractivity contribution is 6.11. The van der Waals surface area contributed by atoms with Crippen LogP contribution in [0.5, 0.6) is 0 Å². The molecule has 30 heavy (non-hydrogen) atoms. The lowest BCUT2D eigenvalue weighted by molar-refractivity contribution is -0.0476. The monoisotopic (exact) mass is 413 g/mol. The van der Waals surface area contributed by atoms with E-state index >= 15 is 0 Å². The predicted octanol–water partition coefficient (Wildman–Crippen LogP) is 3.61. The maximum atomic E-state index is 13.5. The lowest BCUT2D eigenvalue weighted by atomic mass is 9.87. The molecule has 2 heterocycles. The second-order valence-electron chi connectivity index (χ2n) is 7.60. The first-order chi connectivity index (χ1) is 14.3. The van der Waals surface area contributed by atoms with Gasteiger partial charge in [-0.2, -0.15) is 5.10 Å². The van der Waals surface area contributed by atoms with Crippen molar-refractivity contribution in [2.24, 2.45) is 11.7 Å². The van der Waals surface area contributed by atoms with E-state index in [1.54, 1.807) is 22.9 Å². The van der Waals surface area contributed by atoms with Gasteiger partial charge in [0, 0.05) is 36.7 Å². The molecule has 1 aliphatic rings. The summed E-state index contributed by atoms with van der Waals surface area (Å²) in [6, 6.07) is 10.2. The van der Waals surface area contributed by atoms with Gasteiger partial charge >= 0.3 is 0 Å². The van der Waals surface area contributed by atoms with Crippen molar-refractivity contribution < 1.29 is 18.4 Å². The topological polar surface area (TPSA) is 103 Å². The Labute approximate surface area is 171 Å². The SMILES string of the molecule is NC(=O)c1cc(NC(=O)c2c3ccccc3nn2CC2CCC(F)(F)CC2)ccn1. The first kappa shape index (κ1) is 19.9. The van der Waals surface area contributed by atoms with Gasteiger partial charge in [0.15, 0.2) is 0 Å². The minimum Gasteiger partial charge on any atom is -0.364 e. The third-order valence-corrected chi connectivity index (χ3v) is 5.40. The fraction of sp³-hybridized carbons (Fsp3) is 0.333. The van der Waals surface area contributed by atoms with E-state index in [1.165, 1.54) is 12.3 Å². The number of carbonyl (C=O) groups excluding carboxylic acids is 2. The molecule has 7 nitrogen and oxygen atoms in total. The molecule has 156 valence electrons. The van der Waals surface area contributed by atoms with Crippen LogP contribution >= 0.6 is 0 Å². The third-order valence-electron chi connectivity index (χ3n) is 5.40. The normalized spacial score (nSPS) is 16.5. The van der Waals surface area contributed by atoms with E-state index in [0.717, 1.165) is 0 Å². The van der Waals surface area contributed by atoms with Gasteiger partial charge in [0.25, 0.3) is 11.8 Å². The summed E-state index contributed by atoms with van der Waals surface area (Å²) in [6.07, 6.45) is 1.86. The summed E-state index contributed by atoms with van der Waals surface area (Å²) in [4.78, 5) is 28.3. The average Bonchev–Trinajstić information content (AvgIpc) is 3.07. The highest BCUT2D eigenvalue weighted by Crippen LogP contribution is 2.37. The number of nitrogens with one attached hydrogen (secondary N) is 1. The third kappa shape index (κ3) is 4.14. The van der Waals surface area contributed by atoms with Crippen LogP contribution in [-0.2, 0) is 6.54 Å². The second kappa shape index (κ2) is 7.81. The Balaban J connectivity index is 1.62. The summed E-state index contributed by atoms with van der Waals surface area (Å²) in [5, 5.41) is 7.96. The van der Waals surface area contributed by atoms with E-state index in [9.17, 15) is 18.4 Å². The maximum absolute atomic E-state index is 13.5. The van der Waals surface area contributed by atoms with E-state index in [2.05, 4.69) is 15.4 Å². The summed E-state index contributed by atoms with van der Waals surface area (Å²) in [5.74, 6) is -3.69. The van der Waals surface area contributed by atoms with Crippen LogP contribution in [-0.4, -0.2) is 32.5 Å². The standard InChI is InChI=1S/C21H21F2N5O2/c22-21(23)8-5-13(6-9-21)12-28-18(15-3-1-2-4-16(15)27-28)20(30)26-14-7-10-25-17(11-14)19(24)29/h1-4,7,10-11,13H,5-6,8-9,12H2,(H2,24,29)(H,25,26,30). The number of anilines is 1. The van der Waals surface area contributed by atoms with Crippen molar-refractivity contribution >= 4 is 28.4 Å². The first-order valence-corrected chi connectivity index (χ1v) is 9.73. The number of fused-ring (bicyclic) bond motifs is 1. The Morgan fingerprint density at radius 1 is 1.20 bits per heavy atom. The Morgan fingerprint density at radius 2 is 1.93 bits per heavy atom. The zero-order chi connectivity index (χ0) is 21.3. The van der Waals surface area contributed by atoms with Crippen LogP contribution < -0.4 is 11.1 Å². The van der Waals surface area contributed by atoms with Gasteiger partial charge in [-0.3, -0.25) is 19.3 Å². The van der Waals surface area contributed by atoms with Gasteiger partial charge < -0.3 is 11.1 Å². The number of amides is 2. The highest BCUT2D eigenvalue weighted by atomic mass is 19.3. The molecule has 1 aromatic carbocycles. The number of hydrogen-bond acceptors (Lipinski definition) is 4. The molecule has 4 rings (SSSR count). The summed E-state index contributed by atoms with van der Waals surface area (Å²) in [7, 11) is 0. The van der Waals surface area contributed by atoms with Crippen LogP contribution in [0.15, 0.2) is 42.6 Å². The van der Waals surface area contributed by atoms with Crippen molar-refractivity contribution in [3.8, 4) is 0 Å². The van der Waals surface area contributed by atoms with Crippen LogP contribution in [0, 0.1) is 5.92 Å². The van der Waals surface area contributed by atoms with Crippen molar-refractivity contribution in [3.05, 3.63) is 54.0 Å². The van der Waals surface area contributed by atoms with Crippen molar-refractivity contribution in [2.75, 3.05) is 5.32 Å². The molecule has 0 radical (unpaired) electrons. The van der Waals surface area contributed by atoms with Crippen LogP contribution in [0.2, 0.25) is 0 Å². The fourth-order valence-electron chi connectivity index (χ4n) is 3.81. The number of halogens is 2. The number of nitrogens with two attached hydrogens (primary N) is 1. The molecule has 0 atom stereocenters. The Hall–Kier alpha value is -3.36. The lowest BCUT2D eigenvalue weighted by Gasteiger charge is -2.28. The van der Waals surface area contributed by atoms with Gasteiger partial charge in [0.05, 0.1) is 5.52 Å². The van der Waals surface area contributed by atoms with E-state index in [4.69, 9.17) is 5.73 Å². The Bertz CT molecular complexity index is 1100. The number of primary amides is 1. The van der Waals surface area contributed by atoms with Gasteiger partial charge in [0.1, 0.15) is 11.4 Å². The predicted molar refractivity (Wildman–Crippen MR) is 107 cm³/mol. The number of pyridine rings is 1. The molecular formula is C21H21F2N5O2. The molecule has 0 spiro atoms. The smallest absolute Gasteiger partial charge is 0.274 e. The van der Waals surface area contributed by atoms with Gasteiger partial charge in [-0.1, -0.05) is 18.2 Å². The van der Waals surface area contributed by atoms with E-state index in [1.807, 2.05) is 12.1 Å². The molecule has 0 bridgehead atoms. The summed E-state index contributed by atoms with van der Waals surface area (Å²) in [6.45, 7) is 0.385. The van der Waals surface area contributed by atoms with Gasteiger partial charge in [-0.25, -0.2) is 8.78 Å². The minimum atomic E-state index is -2.61. The first-order valence-electron chi connectivity index (χ1n) is 9.73. The molecule has 9 heteroatoms. The zero-order valence-corrected chi connectivity index (χ0v) is 16.1. The number of benzene rings is 1. The molecule has 3 aromatic rings. The Morgan fingerprint density at radius 3 is 2.67 bits per heavy atom. The van der Waals surface area contributed by atoms with Crippen molar-refractivity contribution in [1.82, 2.24) is 14.8 Å². The quantitative estimate of drug-likeness (QED) is 0.667. The highest BCUT2D eigenvalue weighted by Gasteiger charge is 2.35. The molecule has 2 aromatic heterocycles. The number of rotatable bonds is 5.